The van der Waals surface area contributed by atoms with Crippen LogP contribution in [0.2, 0.25) is 0 Å². The van der Waals surface area contributed by atoms with Crippen molar-refractivity contribution < 1.29 is 53.8 Å². The number of aromatic amines is 1. The number of H-pyrrole nitrogens is 1. The van der Waals surface area contributed by atoms with Gasteiger partial charge in [-0.15, -0.1) is 0 Å². The van der Waals surface area contributed by atoms with Crippen LogP contribution in [-0.4, -0.2) is 99.0 Å². The van der Waals surface area contributed by atoms with Gasteiger partial charge in [0.25, 0.3) is 11.7 Å². The third kappa shape index (κ3) is 8.12. The lowest BCUT2D eigenvalue weighted by molar-refractivity contribution is -0.160. The van der Waals surface area contributed by atoms with Gasteiger partial charge in [-0.2, -0.15) is 0 Å². The van der Waals surface area contributed by atoms with Crippen LogP contribution < -0.4 is 15.0 Å². The fraction of sp³-hybridized carbons (Fsp3) is 0.535. The Hall–Kier alpha value is -5.12. The number of carbonyl (C=O) groups is 3. The number of rotatable bonds is 6. The normalized spacial score (nSPS) is 30.4. The lowest BCUT2D eigenvalue weighted by Crippen LogP contribution is -2.46. The first kappa shape index (κ1) is 44.0. The average molecular weight is 807 g/mol. The molecule has 0 radical (unpaired) electrons. The molecule has 1 amide bonds. The van der Waals surface area contributed by atoms with Crippen molar-refractivity contribution in [3.8, 4) is 17.2 Å². The molecule has 58 heavy (non-hydrogen) atoms. The number of nitrogens with zero attached hydrogens (tertiary/aromatic N) is 2. The number of ether oxygens (including phenoxy) is 4. The Morgan fingerprint density at radius 1 is 1.02 bits per heavy atom. The third-order valence-electron chi connectivity index (χ3n) is 11.7. The van der Waals surface area contributed by atoms with E-state index in [-0.39, 0.29) is 55.7 Å². The number of phenolic OH excluding ortho intramolecular Hbond substituents is 2. The van der Waals surface area contributed by atoms with E-state index in [1.807, 2.05) is 11.9 Å². The predicted molar refractivity (Wildman–Crippen MR) is 220 cm³/mol. The first-order chi connectivity index (χ1) is 27.3. The highest BCUT2D eigenvalue weighted by Crippen LogP contribution is 2.54. The molecule has 5 rings (SSSR count). The molecule has 3 aromatic rings. The zero-order chi connectivity index (χ0) is 43.0. The highest BCUT2D eigenvalue weighted by molar-refractivity contribution is 6.28. The predicted octanol–water partition coefficient (Wildman–Crippen LogP) is 6.16. The van der Waals surface area contributed by atoms with E-state index in [4.69, 9.17) is 23.9 Å². The Kier molecular flexibility index (Phi) is 13.2. The van der Waals surface area contributed by atoms with Crippen LogP contribution in [0, 0.1) is 30.6 Å². The fourth-order valence-corrected chi connectivity index (χ4v) is 7.88. The number of anilines is 2. The number of hydrogen-bond acceptors (Lipinski definition) is 13. The molecule has 4 bridgehead atoms. The topological polar surface area (TPSA) is 213 Å². The van der Waals surface area contributed by atoms with Crippen LogP contribution in [0.5, 0.6) is 17.2 Å². The Bertz CT molecular complexity index is 2160. The van der Waals surface area contributed by atoms with Gasteiger partial charge < -0.3 is 54.6 Å². The molecule has 0 fully saturated rings. The van der Waals surface area contributed by atoms with Gasteiger partial charge in [0.2, 0.25) is 5.95 Å². The molecule has 2 aliphatic rings. The number of aromatic hydroxyl groups is 2. The average Bonchev–Trinajstić information content (AvgIpc) is 3.74. The number of nitrogens with one attached hydrogen (secondary N) is 2. The van der Waals surface area contributed by atoms with Gasteiger partial charge in [-0.05, 0) is 26.3 Å². The molecule has 15 nitrogen and oxygen atoms in total. The standard InChI is InChI=1S/C43H58N4O11/c1-12-13-18-47(10)42-45-31-28-29-36(51)25(7)39-30(28)40(53)43(9,58-39)56-19-17-27(55-11)22(4)38(57-26(8)48)24(6)35(50)23(5)34(49)20(2)15-14-16-21(3)41(54)44-33(37(29)52)32(31)46-42/h14-17,19-20,22-24,27,34-35,38,49-52H,12-13,18H2,1-11H3,(H,44,54)(H,45,46)/b15-14+,19-17+,21-16-/t20-,22-,23-,24+,27+,34+,35+,38+,43+/m1/s1. The van der Waals surface area contributed by atoms with Gasteiger partial charge in [0.05, 0.1) is 41.0 Å². The van der Waals surface area contributed by atoms with E-state index in [1.165, 1.54) is 40.2 Å². The number of phenols is 2. The Morgan fingerprint density at radius 2 is 1.71 bits per heavy atom. The van der Waals surface area contributed by atoms with Gasteiger partial charge in [-0.3, -0.25) is 14.4 Å². The van der Waals surface area contributed by atoms with Gasteiger partial charge >= 0.3 is 11.8 Å². The van der Waals surface area contributed by atoms with Crippen molar-refractivity contribution in [2.24, 2.45) is 23.7 Å². The van der Waals surface area contributed by atoms with E-state index in [2.05, 4.69) is 17.2 Å². The second kappa shape index (κ2) is 17.4. The lowest BCUT2D eigenvalue weighted by Gasteiger charge is -2.38. The maximum Gasteiger partial charge on any atom is 0.312 e. The number of fused-ring (bicyclic) bond motifs is 1. The van der Waals surface area contributed by atoms with Gasteiger partial charge in [0, 0.05) is 74.7 Å². The third-order valence-corrected chi connectivity index (χ3v) is 11.7. The van der Waals surface area contributed by atoms with Gasteiger partial charge in [0.1, 0.15) is 28.8 Å². The van der Waals surface area contributed by atoms with Crippen LogP contribution in [-0.2, 0) is 23.8 Å². The van der Waals surface area contributed by atoms with Crippen LogP contribution in [0.25, 0.3) is 21.8 Å². The molecule has 2 aliphatic heterocycles. The van der Waals surface area contributed by atoms with Gasteiger partial charge in [0.15, 0.2) is 5.75 Å². The number of aliphatic hydroxyl groups excluding tert-OH is 2. The Balaban J connectivity index is 1.74. The quantitative estimate of drug-likeness (QED) is 0.122. The molecule has 9 atom stereocenters. The van der Waals surface area contributed by atoms with Crippen molar-refractivity contribution in [2.75, 3.05) is 30.9 Å². The van der Waals surface area contributed by atoms with Crippen LogP contribution in [0.1, 0.15) is 84.2 Å². The zero-order valence-electron chi connectivity index (χ0n) is 35.2. The minimum atomic E-state index is -1.96. The highest BCUT2D eigenvalue weighted by atomic mass is 16.7. The molecule has 2 aromatic carbocycles. The SMILES string of the molecule is CCCCN(C)c1nc2c([nH]1)c1c(O)c3c(O)c(C)c4c(c32)C(=O)[C@@](C)(O/C=C/[C@H](OC)[C@@H](C)[C@H](OC(C)=O)[C@@H](C)[C@@H](O)[C@H](C)[C@@H](O)[C@H](C)/C=C/C=C(/C)C(=O)N1)O4. The van der Waals surface area contributed by atoms with Crippen molar-refractivity contribution in [3.05, 3.63) is 47.3 Å². The number of aromatic nitrogens is 2. The number of Topliss-reactive ketones (excluding diaryl/α,β-unsaturated/α-hetero) is 1. The summed E-state index contributed by atoms with van der Waals surface area (Å²) in [4.78, 5) is 50.6. The number of aliphatic hydroxyl groups is 2. The summed E-state index contributed by atoms with van der Waals surface area (Å²) in [6.07, 6.45) is 5.67. The summed E-state index contributed by atoms with van der Waals surface area (Å²) in [6, 6.07) is 0. The number of benzene rings is 2. The van der Waals surface area contributed by atoms with E-state index in [0.717, 1.165) is 12.8 Å². The van der Waals surface area contributed by atoms with E-state index in [9.17, 15) is 34.8 Å². The summed E-state index contributed by atoms with van der Waals surface area (Å²) in [5.74, 6) is -6.56. The van der Waals surface area contributed by atoms with Crippen molar-refractivity contribution in [1.29, 1.82) is 0 Å². The van der Waals surface area contributed by atoms with Crippen LogP contribution in [0.3, 0.4) is 0 Å². The number of imidazole rings is 1. The molecular formula is C43H58N4O11. The van der Waals surface area contributed by atoms with Crippen LogP contribution in [0.4, 0.5) is 11.6 Å². The van der Waals surface area contributed by atoms with E-state index < -0.39 is 77.3 Å². The van der Waals surface area contributed by atoms with Gasteiger partial charge in [-0.25, -0.2) is 4.98 Å². The summed E-state index contributed by atoms with van der Waals surface area (Å²) < 4.78 is 23.8. The van der Waals surface area contributed by atoms with Crippen molar-refractivity contribution in [1.82, 2.24) is 9.97 Å². The summed E-state index contributed by atoms with van der Waals surface area (Å²) in [5, 5.41) is 49.3. The first-order valence-electron chi connectivity index (χ1n) is 19.7. The molecule has 6 N–H and O–H groups in total. The Morgan fingerprint density at radius 3 is 2.34 bits per heavy atom. The molecule has 0 aliphatic carbocycles. The second-order valence-electron chi connectivity index (χ2n) is 15.9. The second-order valence-corrected chi connectivity index (χ2v) is 15.9. The molecule has 3 heterocycles. The molecule has 0 spiro atoms. The van der Waals surface area contributed by atoms with E-state index in [0.29, 0.717) is 12.5 Å². The number of carbonyl (C=O) groups excluding carboxylic acids is 3. The summed E-state index contributed by atoms with van der Waals surface area (Å²) in [7, 11) is 3.30. The molecule has 0 saturated carbocycles. The van der Waals surface area contributed by atoms with Crippen molar-refractivity contribution >= 4 is 51.1 Å². The number of methoxy groups -OCH3 is 1. The zero-order valence-corrected chi connectivity index (χ0v) is 35.2. The van der Waals surface area contributed by atoms with Gasteiger partial charge in [-0.1, -0.05) is 59.3 Å². The largest absolute Gasteiger partial charge is 0.507 e. The van der Waals surface area contributed by atoms with Crippen molar-refractivity contribution in [3.63, 3.8) is 0 Å². The number of ketones is 1. The molecular weight excluding hydrogens is 748 g/mol. The van der Waals surface area contributed by atoms with Crippen LogP contribution >= 0.6 is 0 Å². The van der Waals surface area contributed by atoms with E-state index >= 15 is 0 Å². The smallest absolute Gasteiger partial charge is 0.312 e. The Labute approximate surface area is 338 Å². The minimum Gasteiger partial charge on any atom is -0.507 e. The maximum absolute atomic E-state index is 14.6. The summed E-state index contributed by atoms with van der Waals surface area (Å²) in [5.41, 5.74) is 0.748. The molecule has 1 aromatic heterocycles. The number of amides is 1. The maximum atomic E-state index is 14.6. The fourth-order valence-electron chi connectivity index (χ4n) is 7.88. The molecule has 15 heteroatoms. The first-order valence-corrected chi connectivity index (χ1v) is 19.7. The number of hydrogen-bond donors (Lipinski definition) is 6. The molecule has 316 valence electrons. The summed E-state index contributed by atoms with van der Waals surface area (Å²) in [6.45, 7) is 15.5. The van der Waals surface area contributed by atoms with Crippen molar-refractivity contribution in [2.45, 2.75) is 105 Å². The number of allylic oxidation sites excluding steroid dienone is 2. The summed E-state index contributed by atoms with van der Waals surface area (Å²) >= 11 is 0. The number of unbranched alkanes of at least 4 members (excludes halogenated alkanes) is 1. The van der Waals surface area contributed by atoms with Crippen LogP contribution in [0.15, 0.2) is 36.1 Å². The van der Waals surface area contributed by atoms with E-state index in [1.54, 1.807) is 52.8 Å². The number of esters is 1. The minimum absolute atomic E-state index is 0.0177. The monoisotopic (exact) mass is 806 g/mol. The molecule has 0 saturated heterocycles. The molecule has 0 unspecified atom stereocenters. The highest BCUT2D eigenvalue weighted by Gasteiger charge is 2.49. The lowest BCUT2D eigenvalue weighted by atomic mass is 9.78.